The average molecular weight is 494 g/mol. The number of likely N-dealkylation sites (N-methyl/N-ethyl adjacent to an activating group) is 1. The summed E-state index contributed by atoms with van der Waals surface area (Å²) in [5, 5.41) is 9.70. The van der Waals surface area contributed by atoms with Crippen molar-refractivity contribution in [3.8, 4) is 11.8 Å². The molecule has 1 unspecified atom stereocenters. The van der Waals surface area contributed by atoms with Crippen LogP contribution in [-0.4, -0.2) is 48.0 Å². The number of rotatable bonds is 4. The van der Waals surface area contributed by atoms with Crippen LogP contribution in [0, 0.1) is 23.1 Å². The molecule has 0 saturated carbocycles. The monoisotopic (exact) mass is 493 g/mol. The SMILES string of the molecule is CN(C(=O)Oc1ccc(F)cc1)[C@@H]1CN(C(=O)C2=CCC(C#N)C=C2)C[C@@]1(C)c1ccc(Cl)cc1. The Hall–Kier alpha value is -3.63. The van der Waals surface area contributed by atoms with Crippen LogP contribution in [0.15, 0.2) is 72.3 Å². The highest BCUT2D eigenvalue weighted by molar-refractivity contribution is 6.30. The van der Waals surface area contributed by atoms with Crippen LogP contribution in [0.1, 0.15) is 18.9 Å². The fourth-order valence-electron chi connectivity index (χ4n) is 4.66. The standard InChI is InChI=1S/C27H25ClFN3O3/c1-27(20-7-9-21(28)10-8-20)17-32(25(33)19-5-3-18(15-30)4-6-19)16-24(27)31(2)26(34)35-23-13-11-22(29)12-14-23/h3,5-14,18,24H,4,16-17H2,1-2H3/t18?,24-,27+/m1/s1. The van der Waals surface area contributed by atoms with E-state index in [0.29, 0.717) is 30.1 Å². The third-order valence-electron chi connectivity index (χ3n) is 6.73. The van der Waals surface area contributed by atoms with E-state index in [1.807, 2.05) is 19.1 Å². The summed E-state index contributed by atoms with van der Waals surface area (Å²) in [4.78, 5) is 29.6. The summed E-state index contributed by atoms with van der Waals surface area (Å²) in [7, 11) is 1.63. The molecule has 2 aromatic rings. The normalized spacial score (nSPS) is 23.4. The van der Waals surface area contributed by atoms with Crippen molar-refractivity contribution in [2.45, 2.75) is 24.8 Å². The molecule has 1 fully saturated rings. The Labute approximate surface area is 208 Å². The Balaban J connectivity index is 1.60. The number of amides is 2. The molecule has 35 heavy (non-hydrogen) atoms. The molecule has 0 N–H and O–H groups in total. The highest BCUT2D eigenvalue weighted by atomic mass is 35.5. The molecular formula is C27H25ClFN3O3. The summed E-state index contributed by atoms with van der Waals surface area (Å²) in [5.74, 6) is -0.581. The van der Waals surface area contributed by atoms with Gasteiger partial charge in [0, 0.05) is 36.1 Å². The summed E-state index contributed by atoms with van der Waals surface area (Å²) >= 11 is 6.11. The van der Waals surface area contributed by atoms with Gasteiger partial charge in [-0.25, -0.2) is 9.18 Å². The molecule has 0 radical (unpaired) electrons. The van der Waals surface area contributed by atoms with E-state index < -0.39 is 23.4 Å². The highest BCUT2D eigenvalue weighted by Gasteiger charge is 2.49. The van der Waals surface area contributed by atoms with E-state index in [0.717, 1.165) is 5.56 Å². The lowest BCUT2D eigenvalue weighted by Gasteiger charge is -2.36. The third-order valence-corrected chi connectivity index (χ3v) is 6.98. The van der Waals surface area contributed by atoms with Gasteiger partial charge in [-0.05, 0) is 48.4 Å². The van der Waals surface area contributed by atoms with Crippen LogP contribution in [0.25, 0.3) is 0 Å². The minimum atomic E-state index is -0.607. The van der Waals surface area contributed by atoms with E-state index in [-0.39, 0.29) is 17.6 Å². The number of carbonyl (C=O) groups excluding carboxylic acids is 2. The molecule has 0 aromatic heterocycles. The fourth-order valence-corrected chi connectivity index (χ4v) is 4.78. The molecule has 0 spiro atoms. The number of nitriles is 1. The van der Waals surface area contributed by atoms with E-state index in [1.54, 1.807) is 42.3 Å². The van der Waals surface area contributed by atoms with Gasteiger partial charge < -0.3 is 14.5 Å². The van der Waals surface area contributed by atoms with Crippen molar-refractivity contribution in [2.24, 2.45) is 5.92 Å². The number of hydrogen-bond donors (Lipinski definition) is 0. The van der Waals surface area contributed by atoms with Gasteiger partial charge in [0.25, 0.3) is 5.91 Å². The van der Waals surface area contributed by atoms with E-state index in [9.17, 15) is 14.0 Å². The maximum Gasteiger partial charge on any atom is 0.415 e. The molecular weight excluding hydrogens is 469 g/mol. The van der Waals surface area contributed by atoms with Gasteiger partial charge >= 0.3 is 6.09 Å². The van der Waals surface area contributed by atoms with Crippen LogP contribution in [0.3, 0.4) is 0 Å². The first-order chi connectivity index (χ1) is 16.7. The van der Waals surface area contributed by atoms with E-state index in [2.05, 4.69) is 6.07 Å². The lowest BCUT2D eigenvalue weighted by molar-refractivity contribution is -0.126. The zero-order valence-electron chi connectivity index (χ0n) is 19.4. The van der Waals surface area contributed by atoms with Gasteiger partial charge in [0.1, 0.15) is 11.6 Å². The number of benzene rings is 2. The molecule has 3 atom stereocenters. The summed E-state index contributed by atoms with van der Waals surface area (Å²) in [6.45, 7) is 2.67. The Kier molecular flexibility index (Phi) is 6.95. The van der Waals surface area contributed by atoms with Crippen LogP contribution >= 0.6 is 11.6 Å². The fraction of sp³-hybridized carbons (Fsp3) is 0.296. The number of halogens is 2. The molecule has 1 saturated heterocycles. The van der Waals surface area contributed by atoms with Crippen molar-refractivity contribution in [1.29, 1.82) is 5.26 Å². The zero-order valence-corrected chi connectivity index (χ0v) is 20.2. The Morgan fingerprint density at radius 2 is 1.89 bits per heavy atom. The number of nitrogens with zero attached hydrogens (tertiary/aromatic N) is 3. The molecule has 4 rings (SSSR count). The largest absolute Gasteiger partial charge is 0.415 e. The van der Waals surface area contributed by atoms with Gasteiger partial charge in [-0.3, -0.25) is 4.79 Å². The van der Waals surface area contributed by atoms with Crippen molar-refractivity contribution < 1.29 is 18.7 Å². The predicted molar refractivity (Wildman–Crippen MR) is 130 cm³/mol. The van der Waals surface area contributed by atoms with Crippen LogP contribution in [0.5, 0.6) is 5.75 Å². The van der Waals surface area contributed by atoms with Crippen molar-refractivity contribution in [2.75, 3.05) is 20.1 Å². The second-order valence-electron chi connectivity index (χ2n) is 9.05. The van der Waals surface area contributed by atoms with E-state index >= 15 is 0 Å². The van der Waals surface area contributed by atoms with Gasteiger partial charge in [0.05, 0.1) is 18.0 Å². The molecule has 2 aliphatic rings. The summed E-state index contributed by atoms with van der Waals surface area (Å²) in [6, 6.07) is 14.4. The summed E-state index contributed by atoms with van der Waals surface area (Å²) in [6.07, 6.45) is 5.11. The van der Waals surface area contributed by atoms with Gasteiger partial charge in [-0.15, -0.1) is 0 Å². The topological polar surface area (TPSA) is 73.6 Å². The Morgan fingerprint density at radius 1 is 1.20 bits per heavy atom. The third kappa shape index (κ3) is 5.08. The molecule has 1 aliphatic carbocycles. The first kappa shape index (κ1) is 24.5. The van der Waals surface area contributed by atoms with Crippen molar-refractivity contribution in [3.05, 3.63) is 88.7 Å². The number of allylic oxidation sites excluding steroid dienone is 2. The Morgan fingerprint density at radius 3 is 2.49 bits per heavy atom. The minimum Gasteiger partial charge on any atom is -0.410 e. The van der Waals surface area contributed by atoms with E-state index in [1.165, 1.54) is 29.2 Å². The van der Waals surface area contributed by atoms with Crippen LogP contribution in [0.2, 0.25) is 5.02 Å². The smallest absolute Gasteiger partial charge is 0.410 e. The molecule has 0 bridgehead atoms. The van der Waals surface area contributed by atoms with Crippen molar-refractivity contribution in [1.82, 2.24) is 9.80 Å². The van der Waals surface area contributed by atoms with Crippen molar-refractivity contribution in [3.63, 3.8) is 0 Å². The number of hydrogen-bond acceptors (Lipinski definition) is 4. The number of ether oxygens (including phenoxy) is 1. The molecule has 180 valence electrons. The molecule has 2 aromatic carbocycles. The predicted octanol–water partition coefficient (Wildman–Crippen LogP) is 5.10. The molecule has 1 heterocycles. The van der Waals surface area contributed by atoms with Crippen molar-refractivity contribution >= 4 is 23.6 Å². The van der Waals surface area contributed by atoms with Crippen LogP contribution in [-0.2, 0) is 10.2 Å². The molecule has 8 heteroatoms. The highest BCUT2D eigenvalue weighted by Crippen LogP contribution is 2.39. The van der Waals surface area contributed by atoms with Gasteiger partial charge in [-0.2, -0.15) is 5.26 Å². The lowest BCUT2D eigenvalue weighted by atomic mass is 9.77. The lowest BCUT2D eigenvalue weighted by Crippen LogP contribution is -2.50. The number of carbonyl (C=O) groups is 2. The summed E-state index contributed by atoms with van der Waals surface area (Å²) in [5.41, 5.74) is 0.860. The maximum atomic E-state index is 13.4. The van der Waals surface area contributed by atoms with Crippen LogP contribution in [0.4, 0.5) is 9.18 Å². The molecule has 6 nitrogen and oxygen atoms in total. The van der Waals surface area contributed by atoms with E-state index in [4.69, 9.17) is 21.6 Å². The minimum absolute atomic E-state index is 0.152. The first-order valence-corrected chi connectivity index (χ1v) is 11.6. The second-order valence-corrected chi connectivity index (χ2v) is 9.48. The maximum absolute atomic E-state index is 13.4. The first-order valence-electron chi connectivity index (χ1n) is 11.2. The number of likely N-dealkylation sites (tertiary alicyclic amines) is 1. The average Bonchev–Trinajstić information content (AvgIpc) is 3.23. The second kappa shape index (κ2) is 9.93. The summed E-state index contributed by atoms with van der Waals surface area (Å²) < 4.78 is 18.7. The van der Waals surface area contributed by atoms with Gasteiger partial charge in [-0.1, -0.05) is 48.9 Å². The molecule has 1 aliphatic heterocycles. The van der Waals surface area contributed by atoms with Gasteiger partial charge in [0.15, 0.2) is 0 Å². The van der Waals surface area contributed by atoms with Crippen LogP contribution < -0.4 is 4.74 Å². The van der Waals surface area contributed by atoms with Gasteiger partial charge in [0.2, 0.25) is 0 Å². The quantitative estimate of drug-likeness (QED) is 0.593. The Bertz CT molecular complexity index is 1220. The zero-order chi connectivity index (χ0) is 25.2. The molecule has 2 amide bonds.